The summed E-state index contributed by atoms with van der Waals surface area (Å²) < 4.78 is 7.50. The van der Waals surface area contributed by atoms with Gasteiger partial charge in [-0.1, -0.05) is 35.5 Å². The van der Waals surface area contributed by atoms with Crippen LogP contribution in [0.4, 0.5) is 0 Å². The van der Waals surface area contributed by atoms with Gasteiger partial charge < -0.3 is 9.64 Å². The minimum Gasteiger partial charge on any atom is -0.444 e. The zero-order valence-electron chi connectivity index (χ0n) is 16.5. The molecule has 1 aliphatic rings. The van der Waals surface area contributed by atoms with Crippen molar-refractivity contribution in [3.05, 3.63) is 59.7 Å². The van der Waals surface area contributed by atoms with Gasteiger partial charge in [0, 0.05) is 25.2 Å². The summed E-state index contributed by atoms with van der Waals surface area (Å²) in [4.78, 5) is 27.8. The number of carbonyl (C=O) groups excluding carboxylic acids is 2. The van der Waals surface area contributed by atoms with Gasteiger partial charge in [-0.25, -0.2) is 9.48 Å². The number of benzene rings is 2. The first kappa shape index (κ1) is 19.1. The van der Waals surface area contributed by atoms with E-state index in [-0.39, 0.29) is 5.91 Å². The Bertz CT molecular complexity index is 1010. The number of carbonyl (C=O) groups is 2. The summed E-state index contributed by atoms with van der Waals surface area (Å²) in [5.41, 5.74) is 2.51. The topological polar surface area (TPSA) is 77.3 Å². The standard InChI is InChI=1S/C22H24N4O3/c1-2-26-19-12-11-17(15-18(19)23-24-26)22(28)29-20(16-9-5-3-6-10-16)21(27)25-13-7-4-8-14-25/h3,5-6,9-12,15,20H,2,4,7-8,13-14H2,1H3. The fraction of sp³-hybridized carbons (Fsp3) is 0.364. The maximum Gasteiger partial charge on any atom is 0.339 e. The molecule has 1 aliphatic heterocycles. The lowest BCUT2D eigenvalue weighted by atomic mass is 10.1. The van der Waals surface area contributed by atoms with Crippen LogP contribution >= 0.6 is 0 Å². The van der Waals surface area contributed by atoms with Crippen LogP contribution in [0.5, 0.6) is 0 Å². The molecule has 1 fully saturated rings. The van der Waals surface area contributed by atoms with Crippen molar-refractivity contribution in [3.8, 4) is 0 Å². The van der Waals surface area contributed by atoms with Crippen molar-refractivity contribution in [3.63, 3.8) is 0 Å². The van der Waals surface area contributed by atoms with Gasteiger partial charge in [0.2, 0.25) is 6.10 Å². The molecule has 7 nitrogen and oxygen atoms in total. The molecule has 3 aromatic rings. The Morgan fingerprint density at radius 3 is 2.55 bits per heavy atom. The smallest absolute Gasteiger partial charge is 0.339 e. The molecule has 0 aliphatic carbocycles. The van der Waals surface area contributed by atoms with Crippen molar-refractivity contribution in [1.82, 2.24) is 19.9 Å². The summed E-state index contributed by atoms with van der Waals surface area (Å²) in [5.74, 6) is -0.709. The molecule has 0 N–H and O–H groups in total. The SMILES string of the molecule is CCn1nnc2cc(C(=O)OC(C(=O)N3CCCCC3)c3ccccc3)ccc21. The molecule has 4 rings (SSSR count). The second-order valence-corrected chi connectivity index (χ2v) is 7.19. The van der Waals surface area contributed by atoms with Crippen LogP contribution in [0.25, 0.3) is 11.0 Å². The average Bonchev–Trinajstić information content (AvgIpc) is 3.20. The Kier molecular flexibility index (Phi) is 5.55. The van der Waals surface area contributed by atoms with Crippen molar-refractivity contribution < 1.29 is 14.3 Å². The van der Waals surface area contributed by atoms with Crippen LogP contribution in [0.1, 0.15) is 48.2 Å². The van der Waals surface area contributed by atoms with Crippen molar-refractivity contribution >= 4 is 22.9 Å². The van der Waals surface area contributed by atoms with Crippen LogP contribution in [0.15, 0.2) is 48.5 Å². The minimum atomic E-state index is -0.955. The van der Waals surface area contributed by atoms with E-state index in [0.717, 1.165) is 24.8 Å². The molecule has 1 atom stereocenters. The number of aryl methyl sites for hydroxylation is 1. The Morgan fingerprint density at radius 1 is 1.07 bits per heavy atom. The van der Waals surface area contributed by atoms with Crippen molar-refractivity contribution in [1.29, 1.82) is 0 Å². The van der Waals surface area contributed by atoms with E-state index in [1.807, 2.05) is 37.3 Å². The van der Waals surface area contributed by atoms with E-state index >= 15 is 0 Å². The maximum atomic E-state index is 13.1. The molecule has 1 unspecified atom stereocenters. The molecule has 2 heterocycles. The number of ether oxygens (including phenoxy) is 1. The number of esters is 1. The van der Waals surface area contributed by atoms with Crippen LogP contribution in [-0.2, 0) is 16.1 Å². The first-order valence-electron chi connectivity index (χ1n) is 10.1. The highest BCUT2D eigenvalue weighted by molar-refractivity contribution is 5.95. The second-order valence-electron chi connectivity index (χ2n) is 7.19. The van der Waals surface area contributed by atoms with Crippen LogP contribution in [0.3, 0.4) is 0 Å². The first-order chi connectivity index (χ1) is 14.2. The molecule has 150 valence electrons. The lowest BCUT2D eigenvalue weighted by Crippen LogP contribution is -2.40. The molecule has 0 saturated carbocycles. The zero-order valence-corrected chi connectivity index (χ0v) is 16.5. The summed E-state index contributed by atoms with van der Waals surface area (Å²) in [6, 6.07) is 14.3. The number of rotatable bonds is 5. The lowest BCUT2D eigenvalue weighted by molar-refractivity contribution is -0.142. The fourth-order valence-electron chi connectivity index (χ4n) is 3.68. The number of aromatic nitrogens is 3. The quantitative estimate of drug-likeness (QED) is 0.622. The highest BCUT2D eigenvalue weighted by atomic mass is 16.5. The molecule has 7 heteroatoms. The van der Waals surface area contributed by atoms with E-state index in [0.29, 0.717) is 36.3 Å². The van der Waals surface area contributed by atoms with Crippen molar-refractivity contribution in [2.24, 2.45) is 0 Å². The highest BCUT2D eigenvalue weighted by Gasteiger charge is 2.30. The number of piperidine rings is 1. The maximum absolute atomic E-state index is 13.1. The third-order valence-electron chi connectivity index (χ3n) is 5.27. The predicted molar refractivity (Wildman–Crippen MR) is 108 cm³/mol. The average molecular weight is 392 g/mol. The van der Waals surface area contributed by atoms with Gasteiger partial charge in [0.25, 0.3) is 5.91 Å². The fourth-order valence-corrected chi connectivity index (χ4v) is 3.68. The Labute approximate surface area is 169 Å². The normalized spacial score (nSPS) is 15.3. The molecule has 0 bridgehead atoms. The molecule has 1 saturated heterocycles. The molecular weight excluding hydrogens is 368 g/mol. The number of hydrogen-bond acceptors (Lipinski definition) is 5. The van der Waals surface area contributed by atoms with Crippen LogP contribution < -0.4 is 0 Å². The van der Waals surface area contributed by atoms with E-state index in [2.05, 4.69) is 10.3 Å². The Hall–Kier alpha value is -3.22. The molecule has 1 amide bonds. The van der Waals surface area contributed by atoms with Gasteiger partial charge >= 0.3 is 5.97 Å². The molecule has 0 spiro atoms. The third kappa shape index (κ3) is 3.99. The largest absolute Gasteiger partial charge is 0.444 e. The van der Waals surface area contributed by atoms with Gasteiger partial charge in [-0.3, -0.25) is 4.79 Å². The number of hydrogen-bond donors (Lipinski definition) is 0. The predicted octanol–water partition coefficient (Wildman–Crippen LogP) is 3.36. The van der Waals surface area contributed by atoms with Crippen molar-refractivity contribution in [2.75, 3.05) is 13.1 Å². The summed E-state index contributed by atoms with van der Waals surface area (Å²) in [5, 5.41) is 8.17. The Balaban J connectivity index is 1.59. The molecule has 29 heavy (non-hydrogen) atoms. The van der Waals surface area contributed by atoms with Gasteiger partial charge in [0.1, 0.15) is 5.52 Å². The molecule has 0 radical (unpaired) electrons. The second kappa shape index (κ2) is 8.43. The summed E-state index contributed by atoms with van der Waals surface area (Å²) in [6.07, 6.45) is 2.12. The first-order valence-corrected chi connectivity index (χ1v) is 10.1. The number of fused-ring (bicyclic) bond motifs is 1. The van der Waals surface area contributed by atoms with E-state index in [9.17, 15) is 9.59 Å². The van der Waals surface area contributed by atoms with E-state index in [1.165, 1.54) is 0 Å². The minimum absolute atomic E-state index is 0.165. The highest BCUT2D eigenvalue weighted by Crippen LogP contribution is 2.24. The number of nitrogens with zero attached hydrogens (tertiary/aromatic N) is 4. The Morgan fingerprint density at radius 2 is 1.83 bits per heavy atom. The van der Waals surface area contributed by atoms with Gasteiger partial charge in [0.05, 0.1) is 11.1 Å². The van der Waals surface area contributed by atoms with Gasteiger partial charge in [-0.2, -0.15) is 0 Å². The number of likely N-dealkylation sites (tertiary alicyclic amines) is 1. The third-order valence-corrected chi connectivity index (χ3v) is 5.27. The van der Waals surface area contributed by atoms with E-state index < -0.39 is 12.1 Å². The van der Waals surface area contributed by atoms with Gasteiger partial charge in [-0.05, 0) is 44.4 Å². The summed E-state index contributed by atoms with van der Waals surface area (Å²) in [7, 11) is 0. The number of amides is 1. The summed E-state index contributed by atoms with van der Waals surface area (Å²) in [6.45, 7) is 4.07. The van der Waals surface area contributed by atoms with Crippen LogP contribution in [-0.4, -0.2) is 44.9 Å². The lowest BCUT2D eigenvalue weighted by Gasteiger charge is -2.30. The van der Waals surface area contributed by atoms with Gasteiger partial charge in [0.15, 0.2) is 0 Å². The van der Waals surface area contributed by atoms with Gasteiger partial charge in [-0.15, -0.1) is 5.10 Å². The van der Waals surface area contributed by atoms with Crippen molar-refractivity contribution in [2.45, 2.75) is 38.8 Å². The molecule has 2 aromatic carbocycles. The zero-order chi connectivity index (χ0) is 20.2. The van der Waals surface area contributed by atoms with E-state index in [1.54, 1.807) is 27.8 Å². The van der Waals surface area contributed by atoms with Crippen LogP contribution in [0.2, 0.25) is 0 Å². The van der Waals surface area contributed by atoms with Crippen LogP contribution in [0, 0.1) is 0 Å². The molecule has 1 aromatic heterocycles. The summed E-state index contributed by atoms with van der Waals surface area (Å²) >= 11 is 0. The molecular formula is C22H24N4O3. The van der Waals surface area contributed by atoms with E-state index in [4.69, 9.17) is 4.74 Å². The monoisotopic (exact) mass is 392 g/mol.